The van der Waals surface area contributed by atoms with Crippen molar-refractivity contribution >= 4 is 11.9 Å². The van der Waals surface area contributed by atoms with E-state index in [1.807, 2.05) is 13.8 Å². The topological polar surface area (TPSA) is 57.6 Å². The third-order valence-corrected chi connectivity index (χ3v) is 3.59. The predicted octanol–water partition coefficient (Wildman–Crippen LogP) is 2.60. The lowest BCUT2D eigenvalue weighted by molar-refractivity contribution is -0.142. The summed E-state index contributed by atoms with van der Waals surface area (Å²) in [5, 5.41) is 9.28. The molecule has 1 amide bonds. The molecular formula is C15H17F2NO3. The Kier molecular flexibility index (Phi) is 4.25. The highest BCUT2D eigenvalue weighted by atomic mass is 19.1. The van der Waals surface area contributed by atoms with Crippen LogP contribution in [0.2, 0.25) is 0 Å². The van der Waals surface area contributed by atoms with E-state index in [4.69, 9.17) is 0 Å². The fourth-order valence-corrected chi connectivity index (χ4v) is 2.75. The van der Waals surface area contributed by atoms with Crippen molar-refractivity contribution in [2.24, 2.45) is 11.8 Å². The molecular weight excluding hydrogens is 280 g/mol. The van der Waals surface area contributed by atoms with Crippen molar-refractivity contribution < 1.29 is 23.5 Å². The third kappa shape index (κ3) is 3.04. The van der Waals surface area contributed by atoms with Crippen molar-refractivity contribution in [3.8, 4) is 0 Å². The molecule has 2 atom stereocenters. The standard InChI is InChI=1S/C15H17F2NO3/c1-8(2)7-18-13(19)6-11(15(20)21)14(18)10-5-9(16)3-4-12(10)17/h3-5,8,11,14H,6-7H2,1-2H3,(H,20,21). The van der Waals surface area contributed by atoms with E-state index in [0.717, 1.165) is 18.2 Å². The lowest BCUT2D eigenvalue weighted by Gasteiger charge is -2.29. The van der Waals surface area contributed by atoms with Gasteiger partial charge in [0, 0.05) is 18.5 Å². The molecule has 0 bridgehead atoms. The molecule has 0 radical (unpaired) electrons. The van der Waals surface area contributed by atoms with Crippen molar-refractivity contribution in [1.29, 1.82) is 0 Å². The van der Waals surface area contributed by atoms with Gasteiger partial charge < -0.3 is 10.0 Å². The second-order valence-corrected chi connectivity index (χ2v) is 5.70. The lowest BCUT2D eigenvalue weighted by atomic mass is 9.93. The van der Waals surface area contributed by atoms with E-state index in [9.17, 15) is 23.5 Å². The quantitative estimate of drug-likeness (QED) is 0.929. The van der Waals surface area contributed by atoms with Crippen LogP contribution >= 0.6 is 0 Å². The zero-order valence-corrected chi connectivity index (χ0v) is 11.8. The van der Waals surface area contributed by atoms with Crippen molar-refractivity contribution in [3.05, 3.63) is 35.4 Å². The highest BCUT2D eigenvalue weighted by molar-refractivity contribution is 5.87. The van der Waals surface area contributed by atoms with E-state index in [0.29, 0.717) is 6.54 Å². The van der Waals surface area contributed by atoms with Crippen LogP contribution in [0.15, 0.2) is 18.2 Å². The van der Waals surface area contributed by atoms with Gasteiger partial charge in [-0.05, 0) is 24.1 Å². The second-order valence-electron chi connectivity index (χ2n) is 5.70. The van der Waals surface area contributed by atoms with Crippen LogP contribution in [-0.4, -0.2) is 28.4 Å². The number of halogens is 2. The Morgan fingerprint density at radius 1 is 1.43 bits per heavy atom. The molecule has 1 aliphatic heterocycles. The predicted molar refractivity (Wildman–Crippen MR) is 71.4 cm³/mol. The molecule has 2 rings (SSSR count). The summed E-state index contributed by atoms with van der Waals surface area (Å²) in [6.45, 7) is 4.06. The summed E-state index contributed by atoms with van der Waals surface area (Å²) in [4.78, 5) is 24.8. The van der Waals surface area contributed by atoms with Crippen LogP contribution in [0.1, 0.15) is 31.9 Å². The van der Waals surface area contributed by atoms with E-state index in [1.54, 1.807) is 0 Å². The fraction of sp³-hybridized carbons (Fsp3) is 0.467. The molecule has 6 heteroatoms. The summed E-state index contributed by atoms with van der Waals surface area (Å²) in [6, 6.07) is 1.94. The molecule has 1 aromatic carbocycles. The molecule has 1 fully saturated rings. The number of rotatable bonds is 4. The van der Waals surface area contributed by atoms with E-state index in [-0.39, 0.29) is 23.8 Å². The summed E-state index contributed by atoms with van der Waals surface area (Å²) in [5.74, 6) is -3.84. The second kappa shape index (κ2) is 5.79. The minimum Gasteiger partial charge on any atom is -0.481 e. The summed E-state index contributed by atoms with van der Waals surface area (Å²) in [6.07, 6.45) is -0.192. The number of carbonyl (C=O) groups excluding carboxylic acids is 1. The number of benzene rings is 1. The number of carboxylic acids is 1. The highest BCUT2D eigenvalue weighted by Gasteiger charge is 2.45. The first-order valence-corrected chi connectivity index (χ1v) is 6.78. The van der Waals surface area contributed by atoms with Gasteiger partial charge >= 0.3 is 5.97 Å². The number of carbonyl (C=O) groups is 2. The largest absolute Gasteiger partial charge is 0.481 e. The molecule has 21 heavy (non-hydrogen) atoms. The van der Waals surface area contributed by atoms with Crippen molar-refractivity contribution in [1.82, 2.24) is 4.90 Å². The van der Waals surface area contributed by atoms with Gasteiger partial charge in [0.2, 0.25) is 5.91 Å². The molecule has 1 heterocycles. The van der Waals surface area contributed by atoms with E-state index in [2.05, 4.69) is 0 Å². The number of likely N-dealkylation sites (tertiary alicyclic amines) is 1. The van der Waals surface area contributed by atoms with Crippen LogP contribution < -0.4 is 0 Å². The zero-order chi connectivity index (χ0) is 15.7. The normalized spacial score (nSPS) is 22.1. The van der Waals surface area contributed by atoms with Gasteiger partial charge in [-0.2, -0.15) is 0 Å². The molecule has 1 aromatic rings. The smallest absolute Gasteiger partial charge is 0.309 e. The number of hydrogen-bond donors (Lipinski definition) is 1. The summed E-state index contributed by atoms with van der Waals surface area (Å²) >= 11 is 0. The Balaban J connectivity index is 2.48. The molecule has 1 aliphatic rings. The first kappa shape index (κ1) is 15.4. The van der Waals surface area contributed by atoms with Gasteiger partial charge in [-0.25, -0.2) is 8.78 Å². The van der Waals surface area contributed by atoms with Crippen LogP contribution in [0, 0.1) is 23.5 Å². The van der Waals surface area contributed by atoms with E-state index >= 15 is 0 Å². The molecule has 114 valence electrons. The van der Waals surface area contributed by atoms with Gasteiger partial charge in [-0.3, -0.25) is 9.59 Å². The maximum atomic E-state index is 14.0. The molecule has 1 N–H and O–H groups in total. The van der Waals surface area contributed by atoms with Crippen molar-refractivity contribution in [2.45, 2.75) is 26.3 Å². The minimum absolute atomic E-state index is 0.0751. The van der Waals surface area contributed by atoms with Gasteiger partial charge in [0.15, 0.2) is 0 Å². The van der Waals surface area contributed by atoms with E-state index < -0.39 is 29.6 Å². The molecule has 0 spiro atoms. The number of amides is 1. The Morgan fingerprint density at radius 3 is 2.67 bits per heavy atom. The molecule has 0 aliphatic carbocycles. The Labute approximate surface area is 121 Å². The number of carboxylic acid groups (broad SMARTS) is 1. The number of aliphatic carboxylic acids is 1. The fourth-order valence-electron chi connectivity index (χ4n) is 2.75. The van der Waals surface area contributed by atoms with Crippen LogP contribution in [0.25, 0.3) is 0 Å². The molecule has 1 saturated heterocycles. The summed E-state index contributed by atoms with van der Waals surface area (Å²) in [7, 11) is 0. The molecule has 0 saturated carbocycles. The number of hydrogen-bond acceptors (Lipinski definition) is 2. The Morgan fingerprint density at radius 2 is 2.10 bits per heavy atom. The summed E-state index contributed by atoms with van der Waals surface area (Å²) < 4.78 is 27.4. The van der Waals surface area contributed by atoms with Gasteiger partial charge in [-0.1, -0.05) is 13.8 Å². The SMILES string of the molecule is CC(C)CN1C(=O)CC(C(=O)O)C1c1cc(F)ccc1F. The summed E-state index contributed by atoms with van der Waals surface area (Å²) in [5.41, 5.74) is -0.0751. The van der Waals surface area contributed by atoms with Gasteiger partial charge in [0.25, 0.3) is 0 Å². The van der Waals surface area contributed by atoms with E-state index in [1.165, 1.54) is 4.90 Å². The zero-order valence-electron chi connectivity index (χ0n) is 11.8. The van der Waals surface area contributed by atoms with Gasteiger partial charge in [0.05, 0.1) is 12.0 Å². The molecule has 0 aromatic heterocycles. The first-order chi connectivity index (χ1) is 9.81. The lowest BCUT2D eigenvalue weighted by Crippen LogP contribution is -2.34. The minimum atomic E-state index is -1.18. The Hall–Kier alpha value is -1.98. The number of nitrogens with zero attached hydrogens (tertiary/aromatic N) is 1. The monoisotopic (exact) mass is 297 g/mol. The van der Waals surface area contributed by atoms with Crippen molar-refractivity contribution in [2.75, 3.05) is 6.54 Å². The third-order valence-electron chi connectivity index (χ3n) is 3.59. The molecule has 4 nitrogen and oxygen atoms in total. The average molecular weight is 297 g/mol. The van der Waals surface area contributed by atoms with Crippen LogP contribution in [0.5, 0.6) is 0 Å². The van der Waals surface area contributed by atoms with Gasteiger partial charge in [-0.15, -0.1) is 0 Å². The average Bonchev–Trinajstić information content (AvgIpc) is 2.70. The maximum Gasteiger partial charge on any atom is 0.309 e. The first-order valence-electron chi connectivity index (χ1n) is 6.78. The van der Waals surface area contributed by atoms with Crippen molar-refractivity contribution in [3.63, 3.8) is 0 Å². The van der Waals surface area contributed by atoms with Gasteiger partial charge in [0.1, 0.15) is 11.6 Å². The van der Waals surface area contributed by atoms with Crippen LogP contribution in [-0.2, 0) is 9.59 Å². The highest BCUT2D eigenvalue weighted by Crippen LogP contribution is 2.40. The maximum absolute atomic E-state index is 14.0. The Bertz CT molecular complexity index is 574. The molecule has 2 unspecified atom stereocenters. The van der Waals surface area contributed by atoms with Crippen LogP contribution in [0.4, 0.5) is 8.78 Å². The van der Waals surface area contributed by atoms with Crippen LogP contribution in [0.3, 0.4) is 0 Å².